The van der Waals surface area contributed by atoms with E-state index in [9.17, 15) is 4.79 Å². The van der Waals surface area contributed by atoms with Crippen LogP contribution in [0.1, 0.15) is 10.4 Å². The summed E-state index contributed by atoms with van der Waals surface area (Å²) >= 11 is 0. The molecule has 0 spiro atoms. The first-order chi connectivity index (χ1) is 7.66. The zero-order valence-electron chi connectivity index (χ0n) is 8.55. The van der Waals surface area contributed by atoms with E-state index in [0.29, 0.717) is 5.69 Å². The molecule has 2 aromatic rings. The van der Waals surface area contributed by atoms with Crippen LogP contribution < -0.4 is 5.73 Å². The molecule has 0 aliphatic carbocycles. The fraction of sp³-hybridized carbons (Fsp3) is 0. The Hall–Kier alpha value is -2.29. The van der Waals surface area contributed by atoms with Crippen LogP contribution in [-0.4, -0.2) is 11.1 Å². The lowest BCUT2D eigenvalue weighted by atomic mass is 10.0. The zero-order valence-corrected chi connectivity index (χ0v) is 8.55. The molecule has 0 saturated heterocycles. The van der Waals surface area contributed by atoms with Gasteiger partial charge in [-0.05, 0) is 35.4 Å². The summed E-state index contributed by atoms with van der Waals surface area (Å²) in [6.07, 6.45) is 0. The van der Waals surface area contributed by atoms with Crippen molar-refractivity contribution >= 4 is 11.7 Å². The number of hydrogen-bond donors (Lipinski definition) is 2. The van der Waals surface area contributed by atoms with Crippen molar-refractivity contribution in [3.8, 4) is 11.1 Å². The maximum Gasteiger partial charge on any atom is 0.335 e. The molecular formula is C13H11NO2. The molecule has 0 aliphatic heterocycles. The van der Waals surface area contributed by atoms with Gasteiger partial charge in [0.05, 0.1) is 5.56 Å². The maximum atomic E-state index is 10.8. The molecule has 3 heteroatoms. The Bertz CT molecular complexity index is 535. The van der Waals surface area contributed by atoms with Crippen LogP contribution in [0.2, 0.25) is 0 Å². The summed E-state index contributed by atoms with van der Waals surface area (Å²) in [6, 6.07) is 14.2. The second-order valence-corrected chi connectivity index (χ2v) is 3.51. The van der Waals surface area contributed by atoms with Gasteiger partial charge in [-0.15, -0.1) is 0 Å². The molecule has 3 N–H and O–H groups in total. The quantitative estimate of drug-likeness (QED) is 0.754. The summed E-state index contributed by atoms with van der Waals surface area (Å²) in [5.74, 6) is -0.925. The summed E-state index contributed by atoms with van der Waals surface area (Å²) < 4.78 is 0. The number of hydrogen-bond acceptors (Lipinski definition) is 2. The molecule has 2 rings (SSSR count). The second kappa shape index (κ2) is 4.06. The Morgan fingerprint density at radius 3 is 2.25 bits per heavy atom. The van der Waals surface area contributed by atoms with Gasteiger partial charge in [-0.1, -0.05) is 24.3 Å². The Morgan fingerprint density at radius 2 is 1.62 bits per heavy atom. The van der Waals surface area contributed by atoms with E-state index in [1.54, 1.807) is 24.3 Å². The first-order valence-electron chi connectivity index (χ1n) is 4.86. The first kappa shape index (κ1) is 10.2. The van der Waals surface area contributed by atoms with Crippen LogP contribution in [-0.2, 0) is 0 Å². The van der Waals surface area contributed by atoms with E-state index in [4.69, 9.17) is 10.8 Å². The van der Waals surface area contributed by atoms with Gasteiger partial charge < -0.3 is 10.8 Å². The van der Waals surface area contributed by atoms with Gasteiger partial charge in [0, 0.05) is 5.69 Å². The van der Waals surface area contributed by atoms with Gasteiger partial charge >= 0.3 is 5.97 Å². The van der Waals surface area contributed by atoms with E-state index in [-0.39, 0.29) is 5.56 Å². The maximum absolute atomic E-state index is 10.8. The molecule has 80 valence electrons. The minimum Gasteiger partial charge on any atom is -0.478 e. The van der Waals surface area contributed by atoms with Crippen LogP contribution in [0.3, 0.4) is 0 Å². The molecule has 0 amide bonds. The highest BCUT2D eigenvalue weighted by Gasteiger charge is 2.04. The Labute approximate surface area is 93.1 Å². The number of anilines is 1. The Kier molecular flexibility index (Phi) is 2.60. The van der Waals surface area contributed by atoms with E-state index in [1.807, 2.05) is 24.3 Å². The number of nitrogens with two attached hydrogens (primary N) is 1. The van der Waals surface area contributed by atoms with Crippen molar-refractivity contribution in [1.82, 2.24) is 0 Å². The largest absolute Gasteiger partial charge is 0.478 e. The third-order valence-corrected chi connectivity index (χ3v) is 2.33. The topological polar surface area (TPSA) is 63.3 Å². The highest BCUT2D eigenvalue weighted by atomic mass is 16.4. The predicted molar refractivity (Wildman–Crippen MR) is 63.2 cm³/mol. The second-order valence-electron chi connectivity index (χ2n) is 3.51. The van der Waals surface area contributed by atoms with Gasteiger partial charge in [-0.3, -0.25) is 0 Å². The predicted octanol–water partition coefficient (Wildman–Crippen LogP) is 2.63. The smallest absolute Gasteiger partial charge is 0.335 e. The molecule has 0 atom stereocenters. The summed E-state index contributed by atoms with van der Waals surface area (Å²) in [6.45, 7) is 0. The van der Waals surface area contributed by atoms with Crippen molar-refractivity contribution in [2.75, 3.05) is 5.73 Å². The van der Waals surface area contributed by atoms with Crippen LogP contribution in [0, 0.1) is 0 Å². The van der Waals surface area contributed by atoms with Crippen molar-refractivity contribution in [2.24, 2.45) is 0 Å². The molecule has 0 saturated carbocycles. The SMILES string of the molecule is Nc1cccc(-c2cccc(C(=O)O)c2)c1. The molecule has 16 heavy (non-hydrogen) atoms. The minimum atomic E-state index is -0.925. The number of benzene rings is 2. The van der Waals surface area contributed by atoms with E-state index in [2.05, 4.69) is 0 Å². The molecule has 0 bridgehead atoms. The molecular weight excluding hydrogens is 202 g/mol. The molecule has 0 aliphatic rings. The van der Waals surface area contributed by atoms with Crippen LogP contribution >= 0.6 is 0 Å². The summed E-state index contributed by atoms with van der Waals surface area (Å²) in [7, 11) is 0. The van der Waals surface area contributed by atoms with Crippen LogP contribution in [0.5, 0.6) is 0 Å². The van der Waals surface area contributed by atoms with Crippen molar-refractivity contribution in [2.45, 2.75) is 0 Å². The molecule has 0 unspecified atom stereocenters. The number of carboxylic acids is 1. The van der Waals surface area contributed by atoms with E-state index < -0.39 is 5.97 Å². The molecule has 0 radical (unpaired) electrons. The standard InChI is InChI=1S/C13H11NO2/c14-12-6-2-4-10(8-12)9-3-1-5-11(7-9)13(15)16/h1-8H,14H2,(H,15,16). The molecule has 3 nitrogen and oxygen atoms in total. The van der Waals surface area contributed by atoms with Crippen molar-refractivity contribution in [1.29, 1.82) is 0 Å². The Morgan fingerprint density at radius 1 is 1.00 bits per heavy atom. The van der Waals surface area contributed by atoms with E-state index in [1.165, 1.54) is 0 Å². The van der Waals surface area contributed by atoms with Gasteiger partial charge in [0.15, 0.2) is 0 Å². The lowest BCUT2D eigenvalue weighted by Crippen LogP contribution is -1.95. The van der Waals surface area contributed by atoms with Gasteiger partial charge in [0.1, 0.15) is 0 Å². The number of carbonyl (C=O) groups is 1. The van der Waals surface area contributed by atoms with Crippen LogP contribution in [0.4, 0.5) is 5.69 Å². The number of nitrogen functional groups attached to an aromatic ring is 1. The van der Waals surface area contributed by atoms with E-state index in [0.717, 1.165) is 11.1 Å². The minimum absolute atomic E-state index is 0.278. The monoisotopic (exact) mass is 213 g/mol. The molecule has 0 heterocycles. The fourth-order valence-corrected chi connectivity index (χ4v) is 1.55. The average molecular weight is 213 g/mol. The van der Waals surface area contributed by atoms with Gasteiger partial charge in [-0.2, -0.15) is 0 Å². The highest BCUT2D eigenvalue weighted by Crippen LogP contribution is 2.22. The Balaban J connectivity index is 2.48. The number of aromatic carboxylic acids is 1. The van der Waals surface area contributed by atoms with Gasteiger partial charge in [0.25, 0.3) is 0 Å². The van der Waals surface area contributed by atoms with E-state index >= 15 is 0 Å². The average Bonchev–Trinajstić information content (AvgIpc) is 2.29. The first-order valence-corrected chi connectivity index (χ1v) is 4.86. The van der Waals surface area contributed by atoms with Crippen LogP contribution in [0.25, 0.3) is 11.1 Å². The number of carboxylic acid groups (broad SMARTS) is 1. The lowest BCUT2D eigenvalue weighted by molar-refractivity contribution is 0.0697. The lowest BCUT2D eigenvalue weighted by Gasteiger charge is -2.03. The number of rotatable bonds is 2. The van der Waals surface area contributed by atoms with Crippen molar-refractivity contribution < 1.29 is 9.90 Å². The third-order valence-electron chi connectivity index (χ3n) is 2.33. The van der Waals surface area contributed by atoms with Crippen LogP contribution in [0.15, 0.2) is 48.5 Å². The van der Waals surface area contributed by atoms with Crippen molar-refractivity contribution in [3.63, 3.8) is 0 Å². The van der Waals surface area contributed by atoms with Gasteiger partial charge in [-0.25, -0.2) is 4.79 Å². The van der Waals surface area contributed by atoms with Crippen molar-refractivity contribution in [3.05, 3.63) is 54.1 Å². The summed E-state index contributed by atoms with van der Waals surface area (Å²) in [4.78, 5) is 10.8. The molecule has 0 fully saturated rings. The molecule has 2 aromatic carbocycles. The summed E-state index contributed by atoms with van der Waals surface area (Å²) in [5, 5.41) is 8.89. The normalized spacial score (nSPS) is 10.0. The molecule has 0 aromatic heterocycles. The zero-order chi connectivity index (χ0) is 11.5. The fourth-order valence-electron chi connectivity index (χ4n) is 1.55. The highest BCUT2D eigenvalue weighted by molar-refractivity contribution is 5.89. The van der Waals surface area contributed by atoms with Gasteiger partial charge in [0.2, 0.25) is 0 Å². The summed E-state index contributed by atoms with van der Waals surface area (Å²) in [5.41, 5.74) is 8.39. The third kappa shape index (κ3) is 2.03.